The van der Waals surface area contributed by atoms with Gasteiger partial charge in [-0.25, -0.2) is 0 Å². The summed E-state index contributed by atoms with van der Waals surface area (Å²) in [6.07, 6.45) is 0. The van der Waals surface area contributed by atoms with E-state index in [2.05, 4.69) is 0 Å². The number of aryl methyl sites for hydroxylation is 1. The van der Waals surface area contributed by atoms with Crippen molar-refractivity contribution in [3.8, 4) is 0 Å². The molecule has 0 aliphatic heterocycles. The summed E-state index contributed by atoms with van der Waals surface area (Å²) in [6, 6.07) is 16.9. The molecule has 0 saturated carbocycles. The standard InChI is InChI=1S/C17H15Cl3O2/c1-12-8-6-7-11-14(12)16(2,13-9-4-3-5-10-13)15(21)22-17(18,19)20/h3-11H,1-2H3. The molecule has 1 unspecified atom stereocenters. The number of carbonyl (C=O) groups is 1. The van der Waals surface area contributed by atoms with Crippen molar-refractivity contribution in [2.75, 3.05) is 0 Å². The molecule has 0 amide bonds. The molecule has 22 heavy (non-hydrogen) atoms. The fourth-order valence-electron chi connectivity index (χ4n) is 2.50. The van der Waals surface area contributed by atoms with Crippen molar-refractivity contribution >= 4 is 40.8 Å². The maximum absolute atomic E-state index is 12.8. The van der Waals surface area contributed by atoms with Crippen molar-refractivity contribution in [3.63, 3.8) is 0 Å². The van der Waals surface area contributed by atoms with E-state index < -0.39 is 15.4 Å². The summed E-state index contributed by atoms with van der Waals surface area (Å²) in [6.45, 7) is 3.70. The van der Waals surface area contributed by atoms with Gasteiger partial charge in [-0.1, -0.05) is 54.6 Å². The van der Waals surface area contributed by atoms with E-state index in [4.69, 9.17) is 39.5 Å². The lowest BCUT2D eigenvalue weighted by molar-refractivity contribution is -0.149. The van der Waals surface area contributed by atoms with Crippen LogP contribution in [0.2, 0.25) is 0 Å². The van der Waals surface area contributed by atoms with E-state index in [9.17, 15) is 4.79 Å². The van der Waals surface area contributed by atoms with Gasteiger partial charge >= 0.3 is 9.95 Å². The quantitative estimate of drug-likeness (QED) is 0.559. The zero-order chi connectivity index (χ0) is 16.4. The third kappa shape index (κ3) is 3.57. The van der Waals surface area contributed by atoms with Gasteiger partial charge in [0.05, 0.1) is 0 Å². The fraction of sp³-hybridized carbons (Fsp3) is 0.235. The van der Waals surface area contributed by atoms with Gasteiger partial charge in [-0.3, -0.25) is 4.79 Å². The van der Waals surface area contributed by atoms with E-state index in [0.717, 1.165) is 16.7 Å². The number of halogens is 3. The van der Waals surface area contributed by atoms with Gasteiger partial charge in [0.15, 0.2) is 0 Å². The topological polar surface area (TPSA) is 26.3 Å². The fourth-order valence-corrected chi connectivity index (χ4v) is 2.71. The maximum atomic E-state index is 12.8. The van der Waals surface area contributed by atoms with Crippen molar-refractivity contribution in [3.05, 3.63) is 71.3 Å². The second-order valence-corrected chi connectivity index (χ2v) is 7.32. The third-order valence-corrected chi connectivity index (χ3v) is 3.88. The van der Waals surface area contributed by atoms with Crippen LogP contribution in [0.15, 0.2) is 54.6 Å². The summed E-state index contributed by atoms with van der Waals surface area (Å²) in [4.78, 5) is 12.8. The number of rotatable bonds is 3. The number of hydrogen-bond acceptors (Lipinski definition) is 2. The Kier molecular flexibility index (Phi) is 5.06. The Bertz CT molecular complexity index is 665. The number of hydrogen-bond donors (Lipinski definition) is 0. The normalized spacial score (nSPS) is 14.2. The molecular formula is C17H15Cl3O2. The lowest BCUT2D eigenvalue weighted by Gasteiger charge is -2.31. The number of alkyl halides is 3. The van der Waals surface area contributed by atoms with Gasteiger partial charge in [0.25, 0.3) is 0 Å². The zero-order valence-corrected chi connectivity index (χ0v) is 14.4. The van der Waals surface area contributed by atoms with Crippen LogP contribution in [0, 0.1) is 6.92 Å². The van der Waals surface area contributed by atoms with Crippen molar-refractivity contribution in [1.82, 2.24) is 0 Å². The van der Waals surface area contributed by atoms with Gasteiger partial charge in [0.1, 0.15) is 5.41 Å². The molecule has 0 aliphatic carbocycles. The third-order valence-electron chi connectivity index (χ3n) is 3.65. The number of carbonyl (C=O) groups excluding carboxylic acids is 1. The van der Waals surface area contributed by atoms with Crippen LogP contribution < -0.4 is 0 Å². The first-order valence-corrected chi connectivity index (χ1v) is 7.80. The molecule has 2 aromatic rings. The molecule has 2 aromatic carbocycles. The second kappa shape index (κ2) is 6.49. The van der Waals surface area contributed by atoms with Crippen molar-refractivity contribution in [1.29, 1.82) is 0 Å². The van der Waals surface area contributed by atoms with Crippen LogP contribution in [-0.2, 0) is 14.9 Å². The van der Waals surface area contributed by atoms with Gasteiger partial charge in [-0.2, -0.15) is 0 Å². The van der Waals surface area contributed by atoms with E-state index in [1.54, 1.807) is 6.92 Å². The zero-order valence-electron chi connectivity index (χ0n) is 12.1. The van der Waals surface area contributed by atoms with Crippen LogP contribution in [0.5, 0.6) is 0 Å². The monoisotopic (exact) mass is 356 g/mol. The first-order valence-electron chi connectivity index (χ1n) is 6.67. The summed E-state index contributed by atoms with van der Waals surface area (Å²) in [5, 5.41) is 0. The summed E-state index contributed by atoms with van der Waals surface area (Å²) in [5.74, 6) is -0.618. The first kappa shape index (κ1) is 17.1. The Labute approximate surface area is 144 Å². The van der Waals surface area contributed by atoms with E-state index in [-0.39, 0.29) is 0 Å². The van der Waals surface area contributed by atoms with Crippen LogP contribution in [0.4, 0.5) is 0 Å². The average molecular weight is 358 g/mol. The lowest BCUT2D eigenvalue weighted by atomic mass is 9.74. The molecule has 0 aromatic heterocycles. The molecule has 0 radical (unpaired) electrons. The lowest BCUT2D eigenvalue weighted by Crippen LogP contribution is -2.38. The van der Waals surface area contributed by atoms with Crippen molar-refractivity contribution in [2.45, 2.75) is 23.2 Å². The SMILES string of the molecule is Cc1ccccc1C(C)(C(=O)OC(Cl)(Cl)Cl)c1ccccc1. The molecule has 0 saturated heterocycles. The van der Waals surface area contributed by atoms with Gasteiger partial charge in [0, 0.05) is 0 Å². The van der Waals surface area contributed by atoms with Gasteiger partial charge in [-0.05, 0) is 65.3 Å². The molecule has 0 bridgehead atoms. The molecule has 0 heterocycles. The summed E-state index contributed by atoms with van der Waals surface area (Å²) < 4.78 is 2.92. The Hall–Kier alpha value is -1.22. The highest BCUT2D eigenvalue weighted by molar-refractivity contribution is 6.66. The second-order valence-electron chi connectivity index (χ2n) is 5.14. The maximum Gasteiger partial charge on any atom is 0.340 e. The summed E-state index contributed by atoms with van der Waals surface area (Å²) in [7, 11) is 0. The molecule has 0 fully saturated rings. The molecule has 0 spiro atoms. The molecule has 0 aliphatic rings. The van der Waals surface area contributed by atoms with Crippen LogP contribution in [-0.4, -0.2) is 9.95 Å². The van der Waals surface area contributed by atoms with Crippen LogP contribution in [0.25, 0.3) is 0 Å². The largest absolute Gasteiger partial charge is 0.414 e. The minimum Gasteiger partial charge on any atom is -0.414 e. The number of esters is 1. The van der Waals surface area contributed by atoms with Gasteiger partial charge < -0.3 is 4.74 Å². The Balaban J connectivity index is 2.60. The van der Waals surface area contributed by atoms with Crippen LogP contribution >= 0.6 is 34.8 Å². The first-order chi connectivity index (χ1) is 10.2. The number of ether oxygens (including phenoxy) is 1. The van der Waals surface area contributed by atoms with Crippen LogP contribution in [0.1, 0.15) is 23.6 Å². The predicted octanol–water partition coefficient (Wildman–Crippen LogP) is 5.17. The predicted molar refractivity (Wildman–Crippen MR) is 90.5 cm³/mol. The molecule has 2 rings (SSSR count). The van der Waals surface area contributed by atoms with E-state index in [0.29, 0.717) is 0 Å². The van der Waals surface area contributed by atoms with E-state index >= 15 is 0 Å². The highest BCUT2D eigenvalue weighted by atomic mass is 35.6. The number of benzene rings is 2. The Morgan fingerprint density at radius 1 is 0.955 bits per heavy atom. The molecule has 116 valence electrons. The van der Waals surface area contributed by atoms with Gasteiger partial charge in [-0.15, -0.1) is 0 Å². The highest BCUT2D eigenvalue weighted by Crippen LogP contribution is 2.38. The summed E-state index contributed by atoms with van der Waals surface area (Å²) in [5.41, 5.74) is 1.45. The highest BCUT2D eigenvalue weighted by Gasteiger charge is 2.43. The van der Waals surface area contributed by atoms with Crippen LogP contribution in [0.3, 0.4) is 0 Å². The van der Waals surface area contributed by atoms with E-state index in [1.807, 2.05) is 61.5 Å². The van der Waals surface area contributed by atoms with Gasteiger partial charge in [0.2, 0.25) is 0 Å². The van der Waals surface area contributed by atoms with Crippen molar-refractivity contribution in [2.24, 2.45) is 0 Å². The Morgan fingerprint density at radius 3 is 2.05 bits per heavy atom. The molecule has 5 heteroatoms. The molecule has 0 N–H and O–H groups in total. The molecule has 1 atom stereocenters. The minimum absolute atomic E-state index is 0.618. The summed E-state index contributed by atoms with van der Waals surface area (Å²) >= 11 is 16.9. The molecule has 2 nitrogen and oxygen atoms in total. The van der Waals surface area contributed by atoms with Crippen molar-refractivity contribution < 1.29 is 9.53 Å². The molecular weight excluding hydrogens is 343 g/mol. The Morgan fingerprint density at radius 2 is 1.50 bits per heavy atom. The van der Waals surface area contributed by atoms with E-state index in [1.165, 1.54) is 0 Å². The average Bonchev–Trinajstić information content (AvgIpc) is 2.46. The smallest absolute Gasteiger partial charge is 0.340 e. The minimum atomic E-state index is -2.10.